The summed E-state index contributed by atoms with van der Waals surface area (Å²) in [5, 5.41) is 0.515. The Labute approximate surface area is 139 Å². The van der Waals surface area contributed by atoms with Crippen LogP contribution in [0.2, 0.25) is 0 Å². The molecule has 4 rings (SSSR count). The molecule has 2 aromatic carbocycles. The van der Waals surface area contributed by atoms with Gasteiger partial charge in [0, 0.05) is 5.56 Å². The number of benzene rings is 2. The van der Waals surface area contributed by atoms with Gasteiger partial charge in [0.05, 0.1) is 28.5 Å². The van der Waals surface area contributed by atoms with Crippen LogP contribution in [0.25, 0.3) is 22.3 Å². The molecule has 1 aromatic heterocycles. The molecule has 0 spiro atoms. The lowest BCUT2D eigenvalue weighted by Crippen LogP contribution is -2.28. The highest BCUT2D eigenvalue weighted by atomic mass is 32.2. The smallest absolute Gasteiger partial charge is 0.261 e. The SMILES string of the molecule is O=c1c2ccccc2nc(-c2ccccc2)n1C1CCS(=O)(=O)C1. The fourth-order valence-corrected chi connectivity index (χ4v) is 4.95. The number of nitrogens with zero attached hydrogens (tertiary/aromatic N) is 2. The normalized spacial score (nSPS) is 19.6. The first kappa shape index (κ1) is 15.1. The van der Waals surface area contributed by atoms with Crippen LogP contribution in [-0.2, 0) is 9.84 Å². The van der Waals surface area contributed by atoms with Gasteiger partial charge >= 0.3 is 0 Å². The van der Waals surface area contributed by atoms with Gasteiger partial charge in [-0.3, -0.25) is 9.36 Å². The fraction of sp³-hybridized carbons (Fsp3) is 0.222. The van der Waals surface area contributed by atoms with Crippen molar-refractivity contribution in [3.63, 3.8) is 0 Å². The number of hydrogen-bond donors (Lipinski definition) is 0. The Morgan fingerprint density at radius 2 is 1.71 bits per heavy atom. The van der Waals surface area contributed by atoms with E-state index in [0.717, 1.165) is 5.56 Å². The molecular weight excluding hydrogens is 324 g/mol. The molecule has 0 bridgehead atoms. The summed E-state index contributed by atoms with van der Waals surface area (Å²) in [7, 11) is -3.10. The van der Waals surface area contributed by atoms with Crippen molar-refractivity contribution in [3.05, 3.63) is 65.0 Å². The van der Waals surface area contributed by atoms with E-state index in [2.05, 4.69) is 4.98 Å². The summed E-state index contributed by atoms with van der Waals surface area (Å²) in [5.41, 5.74) is 1.25. The molecule has 1 aliphatic heterocycles. The Kier molecular flexibility index (Phi) is 3.49. The quantitative estimate of drug-likeness (QED) is 0.718. The number of rotatable bonds is 2. The summed E-state index contributed by atoms with van der Waals surface area (Å²) in [4.78, 5) is 17.7. The van der Waals surface area contributed by atoms with Crippen LogP contribution in [0.4, 0.5) is 0 Å². The summed E-state index contributed by atoms with van der Waals surface area (Å²) < 4.78 is 25.4. The van der Waals surface area contributed by atoms with E-state index in [-0.39, 0.29) is 23.1 Å². The van der Waals surface area contributed by atoms with E-state index in [0.29, 0.717) is 23.1 Å². The molecule has 1 atom stereocenters. The number of aromatic nitrogens is 2. The second-order valence-electron chi connectivity index (χ2n) is 6.05. The van der Waals surface area contributed by atoms with Crippen LogP contribution >= 0.6 is 0 Å². The standard InChI is InChI=1S/C18H16N2O3S/c21-18-15-8-4-5-9-16(15)19-17(13-6-2-1-3-7-13)20(18)14-10-11-24(22,23)12-14/h1-9,14H,10-12H2. The van der Waals surface area contributed by atoms with Crippen molar-refractivity contribution in [2.24, 2.45) is 0 Å². The van der Waals surface area contributed by atoms with Crippen LogP contribution in [0, 0.1) is 0 Å². The van der Waals surface area contributed by atoms with E-state index in [1.807, 2.05) is 36.4 Å². The first-order valence-corrected chi connectivity index (χ1v) is 9.64. The molecule has 5 nitrogen and oxygen atoms in total. The summed E-state index contributed by atoms with van der Waals surface area (Å²) >= 11 is 0. The van der Waals surface area contributed by atoms with Crippen molar-refractivity contribution in [2.75, 3.05) is 11.5 Å². The molecule has 2 heterocycles. The highest BCUT2D eigenvalue weighted by Crippen LogP contribution is 2.28. The minimum atomic E-state index is -3.10. The first-order chi connectivity index (χ1) is 11.6. The number of sulfone groups is 1. The molecule has 0 saturated carbocycles. The third-order valence-electron chi connectivity index (χ3n) is 4.41. The minimum absolute atomic E-state index is 0.00718. The van der Waals surface area contributed by atoms with Crippen molar-refractivity contribution in [1.82, 2.24) is 9.55 Å². The van der Waals surface area contributed by atoms with Gasteiger partial charge < -0.3 is 0 Å². The van der Waals surface area contributed by atoms with Gasteiger partial charge in [-0.25, -0.2) is 13.4 Å². The maximum absolute atomic E-state index is 13.0. The molecule has 3 aromatic rings. The highest BCUT2D eigenvalue weighted by Gasteiger charge is 2.32. The van der Waals surface area contributed by atoms with Crippen molar-refractivity contribution in [2.45, 2.75) is 12.5 Å². The molecule has 0 radical (unpaired) electrons. The number of hydrogen-bond acceptors (Lipinski definition) is 4. The summed E-state index contributed by atoms with van der Waals surface area (Å²) in [6, 6.07) is 16.2. The lowest BCUT2D eigenvalue weighted by atomic mass is 10.1. The Morgan fingerprint density at radius 1 is 1.00 bits per heavy atom. The van der Waals surface area contributed by atoms with Gasteiger partial charge in [-0.15, -0.1) is 0 Å². The van der Waals surface area contributed by atoms with Crippen LogP contribution in [0.5, 0.6) is 0 Å². The molecule has 1 aliphatic rings. The van der Waals surface area contributed by atoms with E-state index in [1.54, 1.807) is 22.8 Å². The number of para-hydroxylation sites is 1. The van der Waals surface area contributed by atoms with Crippen molar-refractivity contribution in [3.8, 4) is 11.4 Å². The first-order valence-electron chi connectivity index (χ1n) is 7.82. The van der Waals surface area contributed by atoms with E-state index in [9.17, 15) is 13.2 Å². The third-order valence-corrected chi connectivity index (χ3v) is 6.16. The molecule has 0 N–H and O–H groups in total. The van der Waals surface area contributed by atoms with Crippen LogP contribution in [-0.4, -0.2) is 29.5 Å². The van der Waals surface area contributed by atoms with Gasteiger partial charge in [0.2, 0.25) is 0 Å². The van der Waals surface area contributed by atoms with Crippen LogP contribution in [0.1, 0.15) is 12.5 Å². The van der Waals surface area contributed by atoms with Gasteiger partial charge in [-0.1, -0.05) is 42.5 Å². The van der Waals surface area contributed by atoms with Gasteiger partial charge in [0.1, 0.15) is 5.82 Å². The average Bonchev–Trinajstić information content (AvgIpc) is 2.95. The van der Waals surface area contributed by atoms with Crippen molar-refractivity contribution < 1.29 is 8.42 Å². The van der Waals surface area contributed by atoms with E-state index < -0.39 is 9.84 Å². The predicted octanol–water partition coefficient (Wildman–Crippen LogP) is 2.42. The fourth-order valence-electron chi connectivity index (χ4n) is 3.25. The zero-order chi connectivity index (χ0) is 16.7. The summed E-state index contributed by atoms with van der Waals surface area (Å²) in [6.45, 7) is 0. The molecule has 0 aliphatic carbocycles. The number of fused-ring (bicyclic) bond motifs is 1. The maximum atomic E-state index is 13.0. The Bertz CT molecular complexity index is 1070. The summed E-state index contributed by atoms with van der Waals surface area (Å²) in [6.07, 6.45) is 0.447. The Hall–Kier alpha value is -2.47. The molecule has 122 valence electrons. The molecule has 24 heavy (non-hydrogen) atoms. The lowest BCUT2D eigenvalue weighted by Gasteiger charge is -2.18. The van der Waals surface area contributed by atoms with Gasteiger partial charge in [0.25, 0.3) is 5.56 Å². The highest BCUT2D eigenvalue weighted by molar-refractivity contribution is 7.91. The largest absolute Gasteiger partial charge is 0.288 e. The second kappa shape index (κ2) is 5.56. The van der Waals surface area contributed by atoms with Crippen molar-refractivity contribution in [1.29, 1.82) is 0 Å². The topological polar surface area (TPSA) is 69.0 Å². The van der Waals surface area contributed by atoms with E-state index in [4.69, 9.17) is 0 Å². The second-order valence-corrected chi connectivity index (χ2v) is 8.28. The van der Waals surface area contributed by atoms with Gasteiger partial charge in [0.15, 0.2) is 9.84 Å². The Morgan fingerprint density at radius 3 is 2.42 bits per heavy atom. The Balaban J connectivity index is 2.03. The molecule has 0 amide bonds. The predicted molar refractivity (Wildman–Crippen MR) is 93.7 cm³/mol. The monoisotopic (exact) mass is 340 g/mol. The molecule has 1 saturated heterocycles. The van der Waals surface area contributed by atoms with E-state index >= 15 is 0 Å². The van der Waals surface area contributed by atoms with Crippen molar-refractivity contribution >= 4 is 20.7 Å². The average molecular weight is 340 g/mol. The lowest BCUT2D eigenvalue weighted by molar-refractivity contribution is 0.541. The molecular formula is C18H16N2O3S. The van der Waals surface area contributed by atoms with Gasteiger partial charge in [-0.05, 0) is 18.6 Å². The van der Waals surface area contributed by atoms with Crippen LogP contribution in [0.3, 0.4) is 0 Å². The molecule has 1 unspecified atom stereocenters. The van der Waals surface area contributed by atoms with Gasteiger partial charge in [-0.2, -0.15) is 0 Å². The zero-order valence-corrected chi connectivity index (χ0v) is 13.7. The van der Waals surface area contributed by atoms with E-state index in [1.165, 1.54) is 0 Å². The molecule has 6 heteroatoms. The zero-order valence-electron chi connectivity index (χ0n) is 12.9. The van der Waals surface area contributed by atoms with Crippen LogP contribution in [0.15, 0.2) is 59.4 Å². The van der Waals surface area contributed by atoms with Crippen LogP contribution < -0.4 is 5.56 Å². The summed E-state index contributed by atoms with van der Waals surface area (Å²) in [5.74, 6) is 0.638. The molecule has 1 fully saturated rings. The minimum Gasteiger partial charge on any atom is -0.288 e. The third kappa shape index (κ3) is 2.53. The maximum Gasteiger partial charge on any atom is 0.261 e.